The molecule has 0 atom stereocenters. The lowest BCUT2D eigenvalue weighted by atomic mass is 10.2. The minimum atomic E-state index is 0.114. The zero-order valence-electron chi connectivity index (χ0n) is 5.70. The van der Waals surface area contributed by atoms with E-state index in [2.05, 4.69) is 9.98 Å². The summed E-state index contributed by atoms with van der Waals surface area (Å²) in [5, 5.41) is 0. The molecule has 0 bridgehead atoms. The van der Waals surface area contributed by atoms with Gasteiger partial charge in [0.15, 0.2) is 0 Å². The van der Waals surface area contributed by atoms with Crippen LogP contribution in [0.4, 0.5) is 0 Å². The zero-order chi connectivity index (χ0) is 7.82. The van der Waals surface area contributed by atoms with E-state index in [1.807, 2.05) is 6.92 Å². The predicted molar refractivity (Wildman–Crippen MR) is 35.1 cm³/mol. The third-order valence-electron chi connectivity index (χ3n) is 0.935. The summed E-state index contributed by atoms with van der Waals surface area (Å²) in [5.41, 5.74) is 0. The van der Waals surface area contributed by atoms with Crippen molar-refractivity contribution >= 4 is 12.2 Å². The van der Waals surface area contributed by atoms with Crippen LogP contribution in [0.25, 0.3) is 0 Å². The molecular formula is C6H8N2O2. The number of aliphatic imine (C=N–C) groups is 2. The van der Waals surface area contributed by atoms with Gasteiger partial charge in [-0.3, -0.25) is 0 Å². The van der Waals surface area contributed by atoms with Crippen LogP contribution >= 0.6 is 0 Å². The van der Waals surface area contributed by atoms with E-state index in [1.165, 1.54) is 12.2 Å². The first-order valence-electron chi connectivity index (χ1n) is 2.88. The number of hydrogen-bond acceptors (Lipinski definition) is 4. The quantitative estimate of drug-likeness (QED) is 0.416. The topological polar surface area (TPSA) is 58.9 Å². The molecule has 0 aliphatic heterocycles. The third kappa shape index (κ3) is 4.91. The van der Waals surface area contributed by atoms with E-state index in [0.29, 0.717) is 13.1 Å². The molecule has 0 aliphatic rings. The highest BCUT2D eigenvalue weighted by molar-refractivity contribution is 5.33. The molecule has 0 saturated heterocycles. The van der Waals surface area contributed by atoms with Crippen LogP contribution in [-0.2, 0) is 9.59 Å². The van der Waals surface area contributed by atoms with E-state index in [-0.39, 0.29) is 5.92 Å². The minimum Gasteiger partial charge on any atom is -0.211 e. The van der Waals surface area contributed by atoms with Crippen molar-refractivity contribution in [3.63, 3.8) is 0 Å². The molecule has 0 radical (unpaired) electrons. The molecule has 0 amide bonds. The van der Waals surface area contributed by atoms with Crippen molar-refractivity contribution in [3.05, 3.63) is 0 Å². The Labute approximate surface area is 58.7 Å². The fourth-order valence-corrected chi connectivity index (χ4v) is 0.444. The van der Waals surface area contributed by atoms with Crippen LogP contribution in [0, 0.1) is 5.92 Å². The molecule has 54 valence electrons. The van der Waals surface area contributed by atoms with Crippen molar-refractivity contribution in [1.29, 1.82) is 0 Å². The largest absolute Gasteiger partial charge is 0.234 e. The molecule has 0 N–H and O–H groups in total. The van der Waals surface area contributed by atoms with Gasteiger partial charge in [0, 0.05) is 0 Å². The Kier molecular flexibility index (Phi) is 5.16. The van der Waals surface area contributed by atoms with Crippen LogP contribution in [0.5, 0.6) is 0 Å². The number of carbonyl (C=O) groups excluding carboxylic acids is 2. The molecule has 0 fully saturated rings. The fraction of sp³-hybridized carbons (Fsp3) is 0.667. The molecule has 0 aromatic heterocycles. The molecule has 0 aromatic carbocycles. The van der Waals surface area contributed by atoms with Gasteiger partial charge in [0.05, 0.1) is 13.1 Å². The lowest BCUT2D eigenvalue weighted by Gasteiger charge is -1.98. The normalized spacial score (nSPS) is 10.9. The van der Waals surface area contributed by atoms with Gasteiger partial charge < -0.3 is 0 Å². The van der Waals surface area contributed by atoms with E-state index in [0.717, 1.165) is 0 Å². The Hall–Kier alpha value is -1.24. The second kappa shape index (κ2) is 5.89. The van der Waals surface area contributed by atoms with Gasteiger partial charge in [0.25, 0.3) is 0 Å². The molecule has 0 rings (SSSR count). The summed E-state index contributed by atoms with van der Waals surface area (Å²) in [6.45, 7) is 2.57. The van der Waals surface area contributed by atoms with E-state index in [1.54, 1.807) is 0 Å². The lowest BCUT2D eigenvalue weighted by molar-refractivity contribution is 0.547. The molecule has 0 spiro atoms. The standard InChI is InChI=1S/C6H8N2O2/c1-6(2-7-4-9)3-8-5-10/h6H,2-3H2,1H3. The first-order chi connectivity index (χ1) is 4.81. The fourth-order valence-electron chi connectivity index (χ4n) is 0.444. The van der Waals surface area contributed by atoms with E-state index in [9.17, 15) is 9.59 Å². The Bertz CT molecular complexity index is 158. The summed E-state index contributed by atoms with van der Waals surface area (Å²) < 4.78 is 0. The van der Waals surface area contributed by atoms with Gasteiger partial charge in [0.2, 0.25) is 12.2 Å². The van der Waals surface area contributed by atoms with Crippen molar-refractivity contribution in [2.75, 3.05) is 13.1 Å². The van der Waals surface area contributed by atoms with Crippen LogP contribution in [0.2, 0.25) is 0 Å². The molecule has 10 heavy (non-hydrogen) atoms. The number of rotatable bonds is 4. The van der Waals surface area contributed by atoms with Crippen LogP contribution in [0.1, 0.15) is 6.92 Å². The summed E-state index contributed by atoms with van der Waals surface area (Å²) in [4.78, 5) is 25.8. The maximum atomic E-state index is 9.58. The molecule has 4 nitrogen and oxygen atoms in total. The third-order valence-corrected chi connectivity index (χ3v) is 0.935. The van der Waals surface area contributed by atoms with Gasteiger partial charge >= 0.3 is 0 Å². The molecule has 0 aromatic rings. The van der Waals surface area contributed by atoms with Crippen LogP contribution in [0.3, 0.4) is 0 Å². The van der Waals surface area contributed by atoms with Crippen molar-refractivity contribution in [3.8, 4) is 0 Å². The Morgan fingerprint density at radius 1 is 1.20 bits per heavy atom. The van der Waals surface area contributed by atoms with Crippen LogP contribution < -0.4 is 0 Å². The molecule has 0 saturated carbocycles. The monoisotopic (exact) mass is 140 g/mol. The second-order valence-corrected chi connectivity index (χ2v) is 1.97. The molecule has 0 heterocycles. The summed E-state index contributed by atoms with van der Waals surface area (Å²) >= 11 is 0. The first-order valence-corrected chi connectivity index (χ1v) is 2.88. The zero-order valence-corrected chi connectivity index (χ0v) is 5.70. The van der Waals surface area contributed by atoms with E-state index in [4.69, 9.17) is 0 Å². The SMILES string of the molecule is CC(CN=C=O)CN=C=O. The van der Waals surface area contributed by atoms with Gasteiger partial charge in [0.1, 0.15) is 0 Å². The number of hydrogen-bond donors (Lipinski definition) is 0. The smallest absolute Gasteiger partial charge is 0.211 e. The summed E-state index contributed by atoms with van der Waals surface area (Å²) in [7, 11) is 0. The Balaban J connectivity index is 3.52. The summed E-state index contributed by atoms with van der Waals surface area (Å²) in [6.07, 6.45) is 2.82. The molecule has 0 aliphatic carbocycles. The number of isocyanates is 2. The Morgan fingerprint density at radius 3 is 1.90 bits per heavy atom. The molecule has 0 unspecified atom stereocenters. The highest BCUT2D eigenvalue weighted by Gasteiger charge is 1.97. The van der Waals surface area contributed by atoms with Crippen molar-refractivity contribution < 1.29 is 9.59 Å². The Morgan fingerprint density at radius 2 is 1.60 bits per heavy atom. The van der Waals surface area contributed by atoms with Crippen molar-refractivity contribution in [2.24, 2.45) is 15.9 Å². The highest BCUT2D eigenvalue weighted by atomic mass is 16.1. The second-order valence-electron chi connectivity index (χ2n) is 1.97. The first kappa shape index (κ1) is 8.76. The average molecular weight is 140 g/mol. The van der Waals surface area contributed by atoms with Gasteiger partial charge in [-0.05, 0) is 5.92 Å². The van der Waals surface area contributed by atoms with Gasteiger partial charge in [-0.2, -0.15) is 0 Å². The van der Waals surface area contributed by atoms with Gasteiger partial charge in [-0.15, -0.1) is 0 Å². The maximum Gasteiger partial charge on any atom is 0.234 e. The van der Waals surface area contributed by atoms with Gasteiger partial charge in [-0.25, -0.2) is 19.6 Å². The van der Waals surface area contributed by atoms with Crippen LogP contribution in [0.15, 0.2) is 9.98 Å². The molecule has 4 heteroatoms. The van der Waals surface area contributed by atoms with Gasteiger partial charge in [-0.1, -0.05) is 6.92 Å². The maximum absolute atomic E-state index is 9.58. The van der Waals surface area contributed by atoms with E-state index >= 15 is 0 Å². The highest BCUT2D eigenvalue weighted by Crippen LogP contribution is 1.93. The number of nitrogens with zero attached hydrogens (tertiary/aromatic N) is 2. The van der Waals surface area contributed by atoms with E-state index < -0.39 is 0 Å². The minimum absolute atomic E-state index is 0.114. The average Bonchev–Trinajstić information content (AvgIpc) is 1.97. The summed E-state index contributed by atoms with van der Waals surface area (Å²) in [5.74, 6) is 0.114. The summed E-state index contributed by atoms with van der Waals surface area (Å²) in [6, 6.07) is 0. The lowest BCUT2D eigenvalue weighted by Crippen LogP contribution is -2.02. The molecular weight excluding hydrogens is 132 g/mol. The van der Waals surface area contributed by atoms with Crippen molar-refractivity contribution in [1.82, 2.24) is 0 Å². The van der Waals surface area contributed by atoms with Crippen LogP contribution in [-0.4, -0.2) is 25.2 Å². The predicted octanol–water partition coefficient (Wildman–Crippen LogP) is 0.294. The van der Waals surface area contributed by atoms with Crippen molar-refractivity contribution in [2.45, 2.75) is 6.92 Å².